The molecule has 0 unspecified atom stereocenters. The summed E-state index contributed by atoms with van der Waals surface area (Å²) in [6.45, 7) is 1.71. The molecule has 3 amide bonds. The number of nitrogens with one attached hydrogen (secondary N) is 3. The van der Waals surface area contributed by atoms with Crippen molar-refractivity contribution < 1.29 is 9.59 Å². The van der Waals surface area contributed by atoms with E-state index < -0.39 is 5.25 Å². The first kappa shape index (κ1) is 16.7. The van der Waals surface area contributed by atoms with Crippen LogP contribution in [0.3, 0.4) is 0 Å². The van der Waals surface area contributed by atoms with Crippen molar-refractivity contribution in [2.24, 2.45) is 17.8 Å². The number of nitrogen functional groups attached to an aromatic ring is 1. The number of hydrogen-bond acceptors (Lipinski definition) is 6. The Bertz CT molecular complexity index is 655. The molecular weight excluding hydrogens is 340 g/mol. The van der Waals surface area contributed by atoms with Gasteiger partial charge in [-0.25, -0.2) is 9.89 Å². The van der Waals surface area contributed by atoms with Crippen LogP contribution in [0.5, 0.6) is 0 Å². The van der Waals surface area contributed by atoms with Crippen LogP contribution in [0.2, 0.25) is 0 Å². The van der Waals surface area contributed by atoms with Crippen molar-refractivity contribution in [1.82, 2.24) is 25.8 Å². The van der Waals surface area contributed by atoms with Gasteiger partial charge in [0.05, 0.1) is 5.25 Å². The van der Waals surface area contributed by atoms with Gasteiger partial charge in [0.2, 0.25) is 17.0 Å². The molecule has 5 rings (SSSR count). The Morgan fingerprint density at radius 1 is 1.24 bits per heavy atom. The molecule has 4 fully saturated rings. The molecule has 136 valence electrons. The molecule has 1 aromatic heterocycles. The van der Waals surface area contributed by atoms with Gasteiger partial charge in [0, 0.05) is 5.54 Å². The summed E-state index contributed by atoms with van der Waals surface area (Å²) >= 11 is 1.16. The lowest BCUT2D eigenvalue weighted by Crippen LogP contribution is -2.62. The van der Waals surface area contributed by atoms with Crippen molar-refractivity contribution >= 4 is 29.6 Å². The van der Waals surface area contributed by atoms with Gasteiger partial charge in [0.1, 0.15) is 0 Å². The Morgan fingerprint density at radius 2 is 1.84 bits per heavy atom. The molecule has 4 aliphatic carbocycles. The van der Waals surface area contributed by atoms with E-state index in [4.69, 9.17) is 5.73 Å². The molecule has 4 bridgehead atoms. The molecule has 0 radical (unpaired) electrons. The summed E-state index contributed by atoms with van der Waals surface area (Å²) in [4.78, 5) is 28.6. The predicted molar refractivity (Wildman–Crippen MR) is 93.7 cm³/mol. The summed E-state index contributed by atoms with van der Waals surface area (Å²) in [5, 5.41) is 11.9. The van der Waals surface area contributed by atoms with Gasteiger partial charge in [0.15, 0.2) is 0 Å². The van der Waals surface area contributed by atoms with Crippen LogP contribution in [0.1, 0.15) is 45.4 Å². The fraction of sp³-hybridized carbons (Fsp3) is 0.750. The van der Waals surface area contributed by atoms with E-state index in [1.165, 1.54) is 19.3 Å². The number of H-pyrrole nitrogens is 1. The van der Waals surface area contributed by atoms with Crippen LogP contribution in [0.4, 0.5) is 10.7 Å². The first-order valence-electron chi connectivity index (χ1n) is 8.88. The van der Waals surface area contributed by atoms with Crippen molar-refractivity contribution in [2.75, 3.05) is 5.73 Å². The number of imide groups is 1. The highest BCUT2D eigenvalue weighted by Gasteiger charge is 2.51. The number of anilines is 1. The molecule has 5 N–H and O–H groups in total. The summed E-state index contributed by atoms with van der Waals surface area (Å²) in [6, 6.07) is -0.381. The largest absolute Gasteiger partial charge is 0.368 e. The van der Waals surface area contributed by atoms with Crippen molar-refractivity contribution in [1.29, 1.82) is 0 Å². The molecule has 4 saturated carbocycles. The van der Waals surface area contributed by atoms with Crippen LogP contribution in [0, 0.1) is 17.8 Å². The fourth-order valence-corrected chi connectivity index (χ4v) is 6.00. The minimum atomic E-state index is -0.489. The summed E-state index contributed by atoms with van der Waals surface area (Å²) < 4.78 is 0. The first-order chi connectivity index (χ1) is 11.9. The zero-order valence-electron chi connectivity index (χ0n) is 14.2. The third-order valence-electron chi connectivity index (χ3n) is 5.79. The molecular formula is C16H24N6O2S. The number of carbonyl (C=O) groups is 2. The molecule has 0 saturated heterocycles. The molecule has 4 aliphatic rings. The van der Waals surface area contributed by atoms with E-state index >= 15 is 0 Å². The molecule has 1 heterocycles. The molecule has 1 atom stereocenters. The van der Waals surface area contributed by atoms with Gasteiger partial charge >= 0.3 is 6.03 Å². The molecule has 0 spiro atoms. The van der Waals surface area contributed by atoms with Crippen LogP contribution in [0.25, 0.3) is 0 Å². The Hall–Kier alpha value is -1.77. The number of rotatable bonds is 4. The van der Waals surface area contributed by atoms with Crippen LogP contribution in [0.15, 0.2) is 5.16 Å². The maximum Gasteiger partial charge on any atom is 0.321 e. The quantitative estimate of drug-likeness (QED) is 0.602. The molecule has 8 nitrogen and oxygen atoms in total. The fourth-order valence-electron chi connectivity index (χ4n) is 5.27. The first-order valence-corrected chi connectivity index (χ1v) is 9.76. The van der Waals surface area contributed by atoms with Crippen molar-refractivity contribution in [3.05, 3.63) is 0 Å². The average molecular weight is 364 g/mol. The third-order valence-corrected chi connectivity index (χ3v) is 6.75. The van der Waals surface area contributed by atoms with E-state index in [2.05, 4.69) is 25.8 Å². The van der Waals surface area contributed by atoms with E-state index in [9.17, 15) is 9.59 Å². The standard InChI is InChI=1S/C16H24N6O2S/c1-8(25-15-19-13(17)21-22-15)12(23)18-14(24)20-16-5-9-2-10(6-16)4-11(3-9)7-16/h8-11H,2-7H2,1H3,(H3,17,19,21,22)(H2,18,20,23,24)/t8-,9?,10?,11?,16?/m1/s1. The SMILES string of the molecule is C[C@@H](Sc1n[nH]c(N)n1)C(=O)NC(=O)NC12CC3CC(CC(C3)C1)C2. The second-order valence-electron chi connectivity index (χ2n) is 7.90. The number of hydrogen-bond donors (Lipinski definition) is 4. The van der Waals surface area contributed by atoms with Crippen molar-refractivity contribution in [3.8, 4) is 0 Å². The minimum absolute atomic E-state index is 0.103. The lowest BCUT2D eigenvalue weighted by atomic mass is 9.53. The highest BCUT2D eigenvalue weighted by atomic mass is 32.2. The van der Waals surface area contributed by atoms with Gasteiger partial charge in [-0.3, -0.25) is 10.1 Å². The highest BCUT2D eigenvalue weighted by Crippen LogP contribution is 2.55. The maximum atomic E-state index is 12.4. The number of thioether (sulfide) groups is 1. The Balaban J connectivity index is 1.32. The normalized spacial score (nSPS) is 33.9. The van der Waals surface area contributed by atoms with Gasteiger partial charge in [-0.15, -0.1) is 5.10 Å². The Labute approximate surface area is 150 Å². The maximum absolute atomic E-state index is 12.4. The third kappa shape index (κ3) is 3.47. The molecule has 0 aliphatic heterocycles. The van der Waals surface area contributed by atoms with E-state index in [1.807, 2.05) is 0 Å². The average Bonchev–Trinajstić information content (AvgIpc) is 2.90. The van der Waals surface area contributed by atoms with Gasteiger partial charge in [-0.1, -0.05) is 11.8 Å². The highest BCUT2D eigenvalue weighted by molar-refractivity contribution is 8.00. The molecule has 1 aromatic rings. The second kappa shape index (κ2) is 6.19. The Kier molecular flexibility index (Phi) is 4.13. The zero-order valence-corrected chi connectivity index (χ0v) is 15.1. The van der Waals surface area contributed by atoms with Crippen molar-refractivity contribution in [3.63, 3.8) is 0 Å². The topological polar surface area (TPSA) is 126 Å². The number of urea groups is 1. The molecule has 9 heteroatoms. The Morgan fingerprint density at radius 3 is 2.36 bits per heavy atom. The van der Waals surface area contributed by atoms with Gasteiger partial charge in [-0.05, 0) is 63.2 Å². The molecule has 0 aromatic carbocycles. The smallest absolute Gasteiger partial charge is 0.321 e. The molecule has 25 heavy (non-hydrogen) atoms. The van der Waals surface area contributed by atoms with Crippen LogP contribution < -0.4 is 16.4 Å². The van der Waals surface area contributed by atoms with Gasteiger partial charge in [0.25, 0.3) is 0 Å². The van der Waals surface area contributed by atoms with E-state index in [0.29, 0.717) is 5.16 Å². The number of aromatic nitrogens is 3. The zero-order chi connectivity index (χ0) is 17.6. The lowest BCUT2D eigenvalue weighted by Gasteiger charge is -2.56. The van der Waals surface area contributed by atoms with Crippen LogP contribution in [-0.4, -0.2) is 37.9 Å². The number of nitrogens with two attached hydrogens (primary N) is 1. The van der Waals surface area contributed by atoms with Gasteiger partial charge < -0.3 is 11.1 Å². The monoisotopic (exact) mass is 364 g/mol. The van der Waals surface area contributed by atoms with Crippen LogP contribution in [-0.2, 0) is 4.79 Å². The summed E-state index contributed by atoms with van der Waals surface area (Å²) in [7, 11) is 0. The lowest BCUT2D eigenvalue weighted by molar-refractivity contribution is -0.119. The van der Waals surface area contributed by atoms with E-state index in [0.717, 1.165) is 48.8 Å². The van der Waals surface area contributed by atoms with E-state index in [1.54, 1.807) is 6.92 Å². The van der Waals surface area contributed by atoms with Crippen LogP contribution >= 0.6 is 11.8 Å². The summed E-state index contributed by atoms with van der Waals surface area (Å²) in [5.74, 6) is 2.08. The summed E-state index contributed by atoms with van der Waals surface area (Å²) in [5.41, 5.74) is 5.37. The number of amides is 3. The van der Waals surface area contributed by atoms with E-state index in [-0.39, 0.29) is 23.4 Å². The minimum Gasteiger partial charge on any atom is -0.368 e. The second-order valence-corrected chi connectivity index (χ2v) is 9.21. The predicted octanol–water partition coefficient (Wildman–Crippen LogP) is 1.66. The van der Waals surface area contributed by atoms with Crippen molar-refractivity contribution in [2.45, 2.75) is 61.4 Å². The summed E-state index contributed by atoms with van der Waals surface area (Å²) in [6.07, 6.45) is 7.11. The number of carbonyl (C=O) groups excluding carboxylic acids is 2. The number of aromatic amines is 1. The number of nitrogens with zero attached hydrogens (tertiary/aromatic N) is 2. The van der Waals surface area contributed by atoms with Gasteiger partial charge in [-0.2, -0.15) is 4.98 Å².